The highest BCUT2D eigenvalue weighted by Crippen LogP contribution is 2.32. The molecule has 2 aliphatic rings. The van der Waals surface area contributed by atoms with Gasteiger partial charge in [0.15, 0.2) is 0 Å². The van der Waals surface area contributed by atoms with Crippen molar-refractivity contribution in [3.05, 3.63) is 95.3 Å². The van der Waals surface area contributed by atoms with Gasteiger partial charge in [-0.25, -0.2) is 0 Å². The topological polar surface area (TPSA) is 48.5 Å². The van der Waals surface area contributed by atoms with Crippen LogP contribution in [0.1, 0.15) is 48.1 Å². The fraction of sp³-hybridized carbons (Fsp3) is 0.375. The van der Waals surface area contributed by atoms with Crippen molar-refractivity contribution in [3.63, 3.8) is 0 Å². The van der Waals surface area contributed by atoms with E-state index in [1.165, 1.54) is 31.1 Å². The number of hydrogen-bond acceptors (Lipinski definition) is 4. The zero-order valence-corrected chi connectivity index (χ0v) is 22.7. The normalized spacial score (nSPS) is 16.8. The van der Waals surface area contributed by atoms with Crippen molar-refractivity contribution in [1.29, 1.82) is 0 Å². The van der Waals surface area contributed by atoms with Crippen molar-refractivity contribution in [1.82, 2.24) is 14.8 Å². The summed E-state index contributed by atoms with van der Waals surface area (Å²) in [6.07, 6.45) is 4.94. The first-order valence-electron chi connectivity index (χ1n) is 13.9. The number of amides is 1. The van der Waals surface area contributed by atoms with Gasteiger partial charge in [0.05, 0.1) is 5.56 Å². The van der Waals surface area contributed by atoms with Crippen LogP contribution in [-0.2, 0) is 17.5 Å². The van der Waals surface area contributed by atoms with Crippen LogP contribution in [0.25, 0.3) is 6.08 Å². The third kappa shape index (κ3) is 7.72. The molecule has 8 heteroatoms. The molecule has 0 radical (unpaired) electrons. The number of carbonyl (C=O) groups excluding carboxylic acids is 1. The molecule has 0 unspecified atom stereocenters. The number of rotatable bonds is 9. The molecule has 2 heterocycles. The lowest BCUT2D eigenvalue weighted by Gasteiger charge is -2.38. The van der Waals surface area contributed by atoms with E-state index in [1.807, 2.05) is 48.2 Å². The number of nitrogens with zero attached hydrogens (tertiary/aromatic N) is 3. The monoisotopic (exact) mass is 548 g/mol. The summed E-state index contributed by atoms with van der Waals surface area (Å²) in [6, 6.07) is 16.9. The quantitative estimate of drug-likeness (QED) is 0.291. The van der Waals surface area contributed by atoms with Crippen molar-refractivity contribution in [3.8, 4) is 0 Å². The van der Waals surface area contributed by atoms with Crippen LogP contribution in [0.4, 0.5) is 24.5 Å². The number of piperidine rings is 1. The smallest absolute Gasteiger partial charge is 0.355 e. The highest BCUT2D eigenvalue weighted by Gasteiger charge is 2.31. The maximum Gasteiger partial charge on any atom is 0.416 e. The van der Waals surface area contributed by atoms with Gasteiger partial charge in [0.2, 0.25) is 5.91 Å². The Hall–Kier alpha value is -3.65. The van der Waals surface area contributed by atoms with Crippen molar-refractivity contribution >= 4 is 23.4 Å². The van der Waals surface area contributed by atoms with E-state index in [2.05, 4.69) is 15.2 Å². The molecule has 40 heavy (non-hydrogen) atoms. The van der Waals surface area contributed by atoms with Gasteiger partial charge >= 0.3 is 6.18 Å². The van der Waals surface area contributed by atoms with Crippen LogP contribution in [-0.4, -0.2) is 46.4 Å². The second-order valence-corrected chi connectivity index (χ2v) is 10.9. The maximum atomic E-state index is 13.5. The Labute approximate surface area is 233 Å². The summed E-state index contributed by atoms with van der Waals surface area (Å²) in [5.74, 6) is 0.708. The fourth-order valence-electron chi connectivity index (χ4n) is 5.19. The summed E-state index contributed by atoms with van der Waals surface area (Å²) >= 11 is 0. The average Bonchev–Trinajstić information content (AvgIpc) is 3.76. The Morgan fingerprint density at radius 1 is 1.00 bits per heavy atom. The summed E-state index contributed by atoms with van der Waals surface area (Å²) < 4.78 is 38.7. The van der Waals surface area contributed by atoms with Gasteiger partial charge in [-0.3, -0.25) is 9.78 Å². The summed E-state index contributed by atoms with van der Waals surface area (Å²) in [7, 11) is 0. The largest absolute Gasteiger partial charge is 0.416 e. The van der Waals surface area contributed by atoms with E-state index in [1.54, 1.807) is 12.3 Å². The Bertz CT molecular complexity index is 1310. The Balaban J connectivity index is 1.27. The summed E-state index contributed by atoms with van der Waals surface area (Å²) in [5.41, 5.74) is 3.72. The molecule has 210 valence electrons. The minimum Gasteiger partial charge on any atom is -0.355 e. The van der Waals surface area contributed by atoms with Crippen molar-refractivity contribution in [2.45, 2.75) is 51.4 Å². The van der Waals surface area contributed by atoms with Crippen LogP contribution in [0, 0.1) is 12.8 Å². The number of nitrogens with one attached hydrogen (secondary N) is 1. The van der Waals surface area contributed by atoms with Crippen LogP contribution >= 0.6 is 0 Å². The fourth-order valence-corrected chi connectivity index (χ4v) is 5.19. The molecule has 1 saturated heterocycles. The summed E-state index contributed by atoms with van der Waals surface area (Å²) in [6.45, 7) is 5.52. The first-order valence-corrected chi connectivity index (χ1v) is 13.9. The van der Waals surface area contributed by atoms with Gasteiger partial charge < -0.3 is 15.1 Å². The lowest BCUT2D eigenvalue weighted by atomic mass is 10.0. The molecule has 0 bridgehead atoms. The molecular formula is C32H35F3N4O. The molecular weight excluding hydrogens is 513 g/mol. The molecule has 1 amide bonds. The molecule has 1 aliphatic carbocycles. The van der Waals surface area contributed by atoms with Crippen LogP contribution < -0.4 is 5.32 Å². The summed E-state index contributed by atoms with van der Waals surface area (Å²) in [4.78, 5) is 22.1. The number of halogens is 3. The summed E-state index contributed by atoms with van der Waals surface area (Å²) in [5, 5.41) is 3.38. The average molecular weight is 549 g/mol. The van der Waals surface area contributed by atoms with Gasteiger partial charge in [0, 0.05) is 61.6 Å². The predicted octanol–water partition coefficient (Wildman–Crippen LogP) is 7.07. The molecule has 1 saturated carbocycles. The standard InChI is InChI=1S/C32H35F3N4O/c1-23-20-29(14-17-36-23)37-28-11-6-26(7-12-28)22-39(30-15-18-38(19-16-30)21-25-2-3-25)31(40)13-8-24-4-9-27(10-5-24)32(33,34)35/h4-14,17,20,25,30H,2-3,15-16,18-19,21-22H2,1H3,(H,36,37). The Morgan fingerprint density at radius 3 is 2.33 bits per heavy atom. The number of carbonyl (C=O) groups is 1. The number of benzene rings is 2. The number of aryl methyl sites for hydroxylation is 1. The maximum absolute atomic E-state index is 13.5. The van der Waals surface area contributed by atoms with E-state index in [0.29, 0.717) is 12.1 Å². The Kier molecular flexibility index (Phi) is 8.54. The molecule has 1 N–H and O–H groups in total. The van der Waals surface area contributed by atoms with Gasteiger partial charge in [-0.2, -0.15) is 13.2 Å². The van der Waals surface area contributed by atoms with Gasteiger partial charge in [0.1, 0.15) is 0 Å². The van der Waals surface area contributed by atoms with Crippen LogP contribution in [0.3, 0.4) is 0 Å². The van der Waals surface area contributed by atoms with Gasteiger partial charge in [-0.05, 0) is 92.1 Å². The van der Waals surface area contributed by atoms with Crippen molar-refractivity contribution in [2.24, 2.45) is 5.92 Å². The van der Waals surface area contributed by atoms with Crippen LogP contribution in [0.2, 0.25) is 0 Å². The number of likely N-dealkylation sites (tertiary alicyclic amines) is 1. The molecule has 0 spiro atoms. The molecule has 2 aromatic carbocycles. The predicted molar refractivity (Wildman–Crippen MR) is 152 cm³/mol. The molecule has 3 aromatic rings. The lowest BCUT2D eigenvalue weighted by molar-refractivity contribution is -0.137. The number of hydrogen-bond donors (Lipinski definition) is 1. The molecule has 0 atom stereocenters. The first-order chi connectivity index (χ1) is 19.2. The van der Waals surface area contributed by atoms with Gasteiger partial charge in [-0.1, -0.05) is 24.3 Å². The minimum atomic E-state index is -4.38. The minimum absolute atomic E-state index is 0.109. The van der Waals surface area contributed by atoms with Gasteiger partial charge in [0.25, 0.3) is 0 Å². The second-order valence-electron chi connectivity index (χ2n) is 10.9. The highest BCUT2D eigenvalue weighted by atomic mass is 19.4. The van der Waals surface area contributed by atoms with Crippen LogP contribution in [0.15, 0.2) is 72.9 Å². The zero-order valence-electron chi connectivity index (χ0n) is 22.7. The number of aromatic nitrogens is 1. The van der Waals surface area contributed by atoms with Crippen LogP contribution in [0.5, 0.6) is 0 Å². The first kappa shape index (κ1) is 27.9. The van der Waals surface area contributed by atoms with E-state index in [4.69, 9.17) is 0 Å². The second kappa shape index (κ2) is 12.3. The molecule has 5 nitrogen and oxygen atoms in total. The van der Waals surface area contributed by atoms with E-state index in [0.717, 1.165) is 73.2 Å². The van der Waals surface area contributed by atoms with Crippen molar-refractivity contribution < 1.29 is 18.0 Å². The zero-order chi connectivity index (χ0) is 28.1. The lowest BCUT2D eigenvalue weighted by Crippen LogP contribution is -2.47. The van der Waals surface area contributed by atoms with E-state index < -0.39 is 11.7 Å². The van der Waals surface area contributed by atoms with Gasteiger partial charge in [-0.15, -0.1) is 0 Å². The third-order valence-electron chi connectivity index (χ3n) is 7.64. The molecule has 1 aromatic heterocycles. The number of pyridine rings is 1. The van der Waals surface area contributed by atoms with E-state index in [-0.39, 0.29) is 11.9 Å². The third-order valence-corrected chi connectivity index (χ3v) is 7.64. The van der Waals surface area contributed by atoms with E-state index in [9.17, 15) is 18.0 Å². The highest BCUT2D eigenvalue weighted by molar-refractivity contribution is 5.92. The number of anilines is 2. The molecule has 1 aliphatic heterocycles. The van der Waals surface area contributed by atoms with E-state index >= 15 is 0 Å². The molecule has 5 rings (SSSR count). The molecule has 2 fully saturated rings. The SMILES string of the molecule is Cc1cc(Nc2ccc(CN(C(=O)C=Cc3ccc(C(F)(F)F)cc3)C3CCN(CC4CC4)CC3)cc2)ccn1. The number of alkyl halides is 3. The van der Waals surface area contributed by atoms with Crippen molar-refractivity contribution in [2.75, 3.05) is 25.0 Å². The Morgan fingerprint density at radius 2 is 1.70 bits per heavy atom.